The molecule has 2 atom stereocenters. The lowest BCUT2D eigenvalue weighted by Gasteiger charge is -2.29. The second-order valence-corrected chi connectivity index (χ2v) is 8.62. The zero-order valence-electron chi connectivity index (χ0n) is 17.2. The first kappa shape index (κ1) is 20.5. The minimum atomic E-state index is -0.493. The number of amides is 2. The van der Waals surface area contributed by atoms with Crippen molar-refractivity contribution in [2.45, 2.75) is 19.8 Å². The Kier molecular flexibility index (Phi) is 5.60. The van der Waals surface area contributed by atoms with Gasteiger partial charge in [0.05, 0.1) is 0 Å². The number of aryl methyl sites for hydroxylation is 2. The highest BCUT2D eigenvalue weighted by atomic mass is 19.1. The van der Waals surface area contributed by atoms with E-state index < -0.39 is 12.4 Å². The average Bonchev–Trinajstić information content (AvgIpc) is 3.28. The second kappa shape index (κ2) is 8.19. The molecular weight excluding hydrogens is 383 g/mol. The van der Waals surface area contributed by atoms with E-state index in [1.54, 1.807) is 11.0 Å². The average molecular weight is 410 g/mol. The first-order valence-corrected chi connectivity index (χ1v) is 10.4. The molecule has 0 spiro atoms. The summed E-state index contributed by atoms with van der Waals surface area (Å²) in [6.07, 6.45) is 1.71. The number of hydrogen-bond acceptors (Lipinski definition) is 3. The van der Waals surface area contributed by atoms with Crippen LogP contribution in [0.2, 0.25) is 0 Å². The normalized spacial score (nSPS) is 23.0. The van der Waals surface area contributed by atoms with Crippen molar-refractivity contribution in [1.82, 2.24) is 9.80 Å². The number of aliphatic hydroxyl groups is 1. The van der Waals surface area contributed by atoms with Gasteiger partial charge in [-0.2, -0.15) is 0 Å². The Morgan fingerprint density at radius 1 is 1.10 bits per heavy atom. The molecule has 2 aliphatic heterocycles. The van der Waals surface area contributed by atoms with Crippen LogP contribution in [0.5, 0.6) is 0 Å². The first-order chi connectivity index (χ1) is 14.4. The van der Waals surface area contributed by atoms with Crippen molar-refractivity contribution in [3.8, 4) is 0 Å². The minimum Gasteiger partial charge on any atom is -0.387 e. The van der Waals surface area contributed by atoms with Crippen LogP contribution in [0.1, 0.15) is 27.9 Å². The fourth-order valence-electron chi connectivity index (χ4n) is 5.01. The van der Waals surface area contributed by atoms with Crippen LogP contribution >= 0.6 is 0 Å². The summed E-state index contributed by atoms with van der Waals surface area (Å²) >= 11 is 0. The number of fused-ring (bicyclic) bond motifs is 1. The van der Waals surface area contributed by atoms with Crippen molar-refractivity contribution in [2.24, 2.45) is 11.3 Å². The number of rotatable bonds is 5. The summed E-state index contributed by atoms with van der Waals surface area (Å²) in [6.45, 7) is 3.48. The van der Waals surface area contributed by atoms with Gasteiger partial charge >= 0.3 is 0 Å². The summed E-state index contributed by atoms with van der Waals surface area (Å²) in [4.78, 5) is 28.9. The van der Waals surface area contributed by atoms with Crippen LogP contribution in [-0.2, 0) is 11.2 Å². The Balaban J connectivity index is 1.56. The molecule has 0 radical (unpaired) electrons. The van der Waals surface area contributed by atoms with Gasteiger partial charge in [-0.3, -0.25) is 9.59 Å². The largest absolute Gasteiger partial charge is 0.387 e. The number of hydrogen-bond donors (Lipinski definition) is 1. The maximum atomic E-state index is 13.7. The van der Waals surface area contributed by atoms with Gasteiger partial charge in [0.15, 0.2) is 0 Å². The van der Waals surface area contributed by atoms with Crippen LogP contribution in [0, 0.1) is 24.1 Å². The van der Waals surface area contributed by atoms with Crippen LogP contribution < -0.4 is 0 Å². The summed E-state index contributed by atoms with van der Waals surface area (Å²) in [5.74, 6) is -0.681. The molecule has 2 amide bonds. The van der Waals surface area contributed by atoms with E-state index in [1.807, 2.05) is 30.0 Å². The number of halogens is 1. The summed E-state index contributed by atoms with van der Waals surface area (Å²) in [5, 5.41) is 9.30. The van der Waals surface area contributed by atoms with Gasteiger partial charge in [-0.25, -0.2) is 4.39 Å². The van der Waals surface area contributed by atoms with E-state index in [9.17, 15) is 19.1 Å². The molecule has 4 rings (SSSR count). The lowest BCUT2D eigenvalue weighted by molar-refractivity contribution is -0.133. The maximum absolute atomic E-state index is 13.7. The number of benzene rings is 2. The lowest BCUT2D eigenvalue weighted by Crippen LogP contribution is -2.40. The molecule has 1 N–H and O–H groups in total. The molecular formula is C24H27FN2O3. The van der Waals surface area contributed by atoms with Crippen molar-refractivity contribution < 1.29 is 19.1 Å². The third-order valence-electron chi connectivity index (χ3n) is 6.72. The number of carbonyl (C=O) groups excluding carboxylic acids is 2. The number of likely N-dealkylation sites (tertiary alicyclic amines) is 2. The van der Waals surface area contributed by atoms with Crippen LogP contribution in [-0.4, -0.2) is 59.5 Å². The van der Waals surface area contributed by atoms with E-state index in [1.165, 1.54) is 17.7 Å². The molecule has 0 unspecified atom stereocenters. The summed E-state index contributed by atoms with van der Waals surface area (Å²) < 4.78 is 13.7. The number of nitrogens with zero attached hydrogens (tertiary/aromatic N) is 2. The summed E-state index contributed by atoms with van der Waals surface area (Å²) in [6, 6.07) is 14.5. The van der Waals surface area contributed by atoms with E-state index >= 15 is 0 Å². The number of carbonyl (C=O) groups is 2. The molecule has 2 aliphatic rings. The SMILES string of the molecule is Cc1ccc(F)cc1C(=O)N1C[C@@H]2CN(C(=O)CO)C[C@]2(CCc2ccccc2)C1. The quantitative estimate of drug-likeness (QED) is 0.825. The molecule has 2 heterocycles. The predicted molar refractivity (Wildman–Crippen MR) is 111 cm³/mol. The van der Waals surface area contributed by atoms with Crippen LogP contribution in [0.3, 0.4) is 0 Å². The highest BCUT2D eigenvalue weighted by molar-refractivity contribution is 5.96. The Bertz CT molecular complexity index is 949. The van der Waals surface area contributed by atoms with Crippen LogP contribution in [0.25, 0.3) is 0 Å². The molecule has 0 saturated carbocycles. The lowest BCUT2D eigenvalue weighted by atomic mass is 9.76. The predicted octanol–water partition coefficient (Wildman–Crippen LogP) is 2.66. The summed E-state index contributed by atoms with van der Waals surface area (Å²) in [5.41, 5.74) is 2.17. The van der Waals surface area contributed by atoms with E-state index in [0.29, 0.717) is 31.7 Å². The van der Waals surface area contributed by atoms with Gasteiger partial charge in [0, 0.05) is 43.1 Å². The van der Waals surface area contributed by atoms with Gasteiger partial charge in [-0.1, -0.05) is 36.4 Å². The fraction of sp³-hybridized carbons (Fsp3) is 0.417. The highest BCUT2D eigenvalue weighted by Crippen LogP contribution is 2.46. The Morgan fingerprint density at radius 2 is 1.80 bits per heavy atom. The zero-order valence-corrected chi connectivity index (χ0v) is 17.2. The second-order valence-electron chi connectivity index (χ2n) is 8.62. The van der Waals surface area contributed by atoms with Crippen molar-refractivity contribution in [1.29, 1.82) is 0 Å². The van der Waals surface area contributed by atoms with Gasteiger partial charge in [0.25, 0.3) is 5.91 Å². The molecule has 158 valence electrons. The van der Waals surface area contributed by atoms with Crippen molar-refractivity contribution >= 4 is 11.8 Å². The Labute approximate surface area is 176 Å². The molecule has 0 bridgehead atoms. The third-order valence-corrected chi connectivity index (χ3v) is 6.72. The van der Waals surface area contributed by atoms with Gasteiger partial charge in [0.1, 0.15) is 12.4 Å². The molecule has 0 aliphatic carbocycles. The van der Waals surface area contributed by atoms with Gasteiger partial charge in [-0.15, -0.1) is 0 Å². The van der Waals surface area contributed by atoms with Gasteiger partial charge in [-0.05, 0) is 43.0 Å². The molecule has 2 saturated heterocycles. The molecule has 2 fully saturated rings. The van der Waals surface area contributed by atoms with E-state index in [0.717, 1.165) is 18.4 Å². The van der Waals surface area contributed by atoms with E-state index in [2.05, 4.69) is 12.1 Å². The number of aliphatic hydroxyl groups excluding tert-OH is 1. The molecule has 2 aromatic carbocycles. The molecule has 5 nitrogen and oxygen atoms in total. The Hall–Kier alpha value is -2.73. The van der Waals surface area contributed by atoms with Gasteiger partial charge in [0.2, 0.25) is 5.91 Å². The van der Waals surface area contributed by atoms with Crippen LogP contribution in [0.15, 0.2) is 48.5 Å². The van der Waals surface area contributed by atoms with E-state index in [4.69, 9.17) is 0 Å². The highest BCUT2D eigenvalue weighted by Gasteiger charge is 2.53. The third kappa shape index (κ3) is 3.84. The topological polar surface area (TPSA) is 60.9 Å². The Morgan fingerprint density at radius 3 is 2.53 bits per heavy atom. The molecule has 6 heteroatoms. The molecule has 30 heavy (non-hydrogen) atoms. The van der Waals surface area contributed by atoms with Crippen molar-refractivity contribution in [3.63, 3.8) is 0 Å². The molecule has 0 aromatic heterocycles. The molecule has 2 aromatic rings. The van der Waals surface area contributed by atoms with E-state index in [-0.39, 0.29) is 23.1 Å². The monoisotopic (exact) mass is 410 g/mol. The minimum absolute atomic E-state index is 0.148. The maximum Gasteiger partial charge on any atom is 0.254 e. The van der Waals surface area contributed by atoms with Crippen molar-refractivity contribution in [2.75, 3.05) is 32.8 Å². The smallest absolute Gasteiger partial charge is 0.254 e. The fourth-order valence-corrected chi connectivity index (χ4v) is 5.01. The standard InChI is InChI=1S/C24H27FN2O3/c1-17-7-8-20(25)11-21(17)23(30)27-13-19-12-26(22(29)14-28)15-24(19,16-27)10-9-18-5-3-2-4-6-18/h2-8,11,19,28H,9-10,12-16H2,1H3/t19-,24+/m0/s1. The zero-order chi connectivity index (χ0) is 21.3. The first-order valence-electron chi connectivity index (χ1n) is 10.4. The van der Waals surface area contributed by atoms with Crippen molar-refractivity contribution in [3.05, 3.63) is 71.0 Å². The van der Waals surface area contributed by atoms with Crippen LogP contribution in [0.4, 0.5) is 4.39 Å². The summed E-state index contributed by atoms with van der Waals surface area (Å²) in [7, 11) is 0. The van der Waals surface area contributed by atoms with Gasteiger partial charge < -0.3 is 14.9 Å².